The number of likely N-dealkylation sites (tertiary alicyclic amines) is 1. The first-order valence-corrected chi connectivity index (χ1v) is 8.28. The van der Waals surface area contributed by atoms with Gasteiger partial charge in [0.1, 0.15) is 0 Å². The van der Waals surface area contributed by atoms with Crippen molar-refractivity contribution >= 4 is 18.3 Å². The number of benzene rings is 1. The van der Waals surface area contributed by atoms with Crippen LogP contribution in [0, 0.1) is 11.3 Å². The second kappa shape index (κ2) is 7.65. The second-order valence-electron chi connectivity index (χ2n) is 6.85. The van der Waals surface area contributed by atoms with E-state index in [1.54, 1.807) is 0 Å². The number of nitrogens with zero attached hydrogens (tertiary/aromatic N) is 1. The van der Waals surface area contributed by atoms with Crippen LogP contribution in [0.15, 0.2) is 30.3 Å². The zero-order chi connectivity index (χ0) is 15.6. The quantitative estimate of drug-likeness (QED) is 0.922. The highest BCUT2D eigenvalue weighted by Crippen LogP contribution is 2.40. The molecule has 128 valence electrons. The Morgan fingerprint density at radius 1 is 1.22 bits per heavy atom. The highest BCUT2D eigenvalue weighted by molar-refractivity contribution is 5.85. The monoisotopic (exact) mass is 338 g/mol. The van der Waals surface area contributed by atoms with E-state index in [-0.39, 0.29) is 30.3 Å². The van der Waals surface area contributed by atoms with Gasteiger partial charge in [-0.1, -0.05) is 37.3 Å². The van der Waals surface area contributed by atoms with Crippen LogP contribution in [0.2, 0.25) is 0 Å². The first kappa shape index (κ1) is 18.2. The molecule has 2 saturated heterocycles. The van der Waals surface area contributed by atoms with E-state index >= 15 is 0 Å². The number of carbonyl (C=O) groups excluding carboxylic acids is 1. The van der Waals surface area contributed by atoms with Crippen molar-refractivity contribution in [2.45, 2.75) is 32.2 Å². The molecule has 23 heavy (non-hydrogen) atoms. The van der Waals surface area contributed by atoms with E-state index in [4.69, 9.17) is 10.5 Å². The first-order valence-electron chi connectivity index (χ1n) is 8.28. The Morgan fingerprint density at radius 2 is 1.87 bits per heavy atom. The summed E-state index contributed by atoms with van der Waals surface area (Å²) in [6.07, 6.45) is 3.27. The van der Waals surface area contributed by atoms with Gasteiger partial charge < -0.3 is 15.4 Å². The van der Waals surface area contributed by atoms with Crippen LogP contribution in [0.25, 0.3) is 0 Å². The van der Waals surface area contributed by atoms with Gasteiger partial charge in [0, 0.05) is 32.3 Å². The van der Waals surface area contributed by atoms with Crippen LogP contribution in [0.4, 0.5) is 0 Å². The van der Waals surface area contributed by atoms with E-state index in [1.165, 1.54) is 0 Å². The summed E-state index contributed by atoms with van der Waals surface area (Å²) in [6, 6.07) is 9.67. The molecule has 1 amide bonds. The van der Waals surface area contributed by atoms with E-state index < -0.39 is 0 Å². The maximum atomic E-state index is 12.8. The Labute approximate surface area is 144 Å². The number of halogens is 1. The van der Waals surface area contributed by atoms with Crippen LogP contribution in [0.5, 0.6) is 0 Å². The molecule has 0 bridgehead atoms. The summed E-state index contributed by atoms with van der Waals surface area (Å²) >= 11 is 0. The number of hydrogen-bond donors (Lipinski definition) is 1. The first-order chi connectivity index (χ1) is 10.6. The van der Waals surface area contributed by atoms with Crippen LogP contribution in [0.3, 0.4) is 0 Å². The zero-order valence-electron chi connectivity index (χ0n) is 13.7. The molecule has 2 atom stereocenters. The summed E-state index contributed by atoms with van der Waals surface area (Å²) in [5.41, 5.74) is 7.64. The topological polar surface area (TPSA) is 55.6 Å². The molecule has 1 aromatic carbocycles. The Balaban J connectivity index is 0.00000192. The molecule has 5 heteroatoms. The Morgan fingerprint density at radius 3 is 2.52 bits per heavy atom. The van der Waals surface area contributed by atoms with Crippen LogP contribution >= 0.6 is 12.4 Å². The zero-order valence-corrected chi connectivity index (χ0v) is 14.6. The Hall–Kier alpha value is -1.10. The van der Waals surface area contributed by atoms with E-state index in [0.717, 1.165) is 51.1 Å². The minimum absolute atomic E-state index is 0. The molecular weight excluding hydrogens is 312 g/mol. The normalized spacial score (nSPS) is 22.4. The molecule has 2 N–H and O–H groups in total. The summed E-state index contributed by atoms with van der Waals surface area (Å²) in [5, 5.41) is 0. The number of ether oxygens (including phenoxy) is 1. The highest BCUT2D eigenvalue weighted by Gasteiger charge is 2.42. The summed E-state index contributed by atoms with van der Waals surface area (Å²) in [6.45, 7) is 5.36. The van der Waals surface area contributed by atoms with Crippen molar-refractivity contribution < 1.29 is 9.53 Å². The minimum atomic E-state index is -0.236. The smallest absolute Gasteiger partial charge is 0.227 e. The van der Waals surface area contributed by atoms with Crippen molar-refractivity contribution in [1.29, 1.82) is 0 Å². The molecule has 2 aliphatic heterocycles. The standard InChI is InChI=1S/C18H26N2O2.ClH/c1-14(16(19)15-5-3-2-4-6-15)17(21)20-10-7-18(13-20)8-11-22-12-9-18;/h2-6,14,16H,7-13,19H2,1H3;1H. The molecule has 0 saturated carbocycles. The Bertz CT molecular complexity index is 517. The number of amides is 1. The molecule has 0 aromatic heterocycles. The fourth-order valence-corrected chi connectivity index (χ4v) is 3.74. The summed E-state index contributed by atoms with van der Waals surface area (Å²) in [7, 11) is 0. The molecule has 1 spiro atoms. The maximum Gasteiger partial charge on any atom is 0.227 e. The van der Waals surface area contributed by atoms with Gasteiger partial charge in [-0.05, 0) is 30.2 Å². The molecule has 2 fully saturated rings. The molecule has 2 heterocycles. The predicted molar refractivity (Wildman–Crippen MR) is 93.5 cm³/mol. The maximum absolute atomic E-state index is 12.8. The molecule has 0 radical (unpaired) electrons. The number of carbonyl (C=O) groups is 1. The van der Waals surface area contributed by atoms with E-state index in [0.29, 0.717) is 5.41 Å². The van der Waals surface area contributed by atoms with Crippen LogP contribution in [-0.4, -0.2) is 37.1 Å². The molecule has 2 aliphatic rings. The van der Waals surface area contributed by atoms with Crippen molar-refractivity contribution in [3.8, 4) is 0 Å². The molecule has 4 nitrogen and oxygen atoms in total. The van der Waals surface area contributed by atoms with Crippen molar-refractivity contribution in [1.82, 2.24) is 4.90 Å². The van der Waals surface area contributed by atoms with E-state index in [2.05, 4.69) is 0 Å². The van der Waals surface area contributed by atoms with Gasteiger partial charge in [0.05, 0.1) is 5.92 Å². The molecule has 0 aliphatic carbocycles. The third-order valence-electron chi connectivity index (χ3n) is 5.42. The Kier molecular flexibility index (Phi) is 6.06. The van der Waals surface area contributed by atoms with Crippen molar-refractivity contribution in [3.63, 3.8) is 0 Å². The number of hydrogen-bond acceptors (Lipinski definition) is 3. The fraction of sp³-hybridized carbons (Fsp3) is 0.611. The molecule has 3 rings (SSSR count). The van der Waals surface area contributed by atoms with Crippen molar-refractivity contribution in [2.24, 2.45) is 17.1 Å². The third kappa shape index (κ3) is 3.87. The summed E-state index contributed by atoms with van der Waals surface area (Å²) < 4.78 is 5.47. The number of rotatable bonds is 3. The van der Waals surface area contributed by atoms with Crippen molar-refractivity contribution in [3.05, 3.63) is 35.9 Å². The van der Waals surface area contributed by atoms with Gasteiger partial charge >= 0.3 is 0 Å². The van der Waals surface area contributed by atoms with Crippen LogP contribution in [-0.2, 0) is 9.53 Å². The van der Waals surface area contributed by atoms with Crippen LogP contribution in [0.1, 0.15) is 37.8 Å². The second-order valence-corrected chi connectivity index (χ2v) is 6.85. The molecule has 2 unspecified atom stereocenters. The SMILES string of the molecule is CC(C(=O)N1CCC2(CCOCC2)C1)C(N)c1ccccc1.Cl. The summed E-state index contributed by atoms with van der Waals surface area (Å²) in [4.78, 5) is 14.8. The average Bonchev–Trinajstić information content (AvgIpc) is 2.97. The lowest BCUT2D eigenvalue weighted by Crippen LogP contribution is -2.40. The fourth-order valence-electron chi connectivity index (χ4n) is 3.74. The molecular formula is C18H27ClN2O2. The lowest BCUT2D eigenvalue weighted by Gasteiger charge is -2.33. The minimum Gasteiger partial charge on any atom is -0.381 e. The van der Waals surface area contributed by atoms with Gasteiger partial charge in [-0.15, -0.1) is 12.4 Å². The summed E-state index contributed by atoms with van der Waals surface area (Å²) in [5.74, 6) is 0.0112. The largest absolute Gasteiger partial charge is 0.381 e. The van der Waals surface area contributed by atoms with E-state index in [1.807, 2.05) is 42.2 Å². The third-order valence-corrected chi connectivity index (χ3v) is 5.42. The number of nitrogens with two attached hydrogens (primary N) is 1. The average molecular weight is 339 g/mol. The molecule has 1 aromatic rings. The lowest BCUT2D eigenvalue weighted by atomic mass is 9.79. The highest BCUT2D eigenvalue weighted by atomic mass is 35.5. The lowest BCUT2D eigenvalue weighted by molar-refractivity contribution is -0.135. The van der Waals surface area contributed by atoms with Gasteiger partial charge in [0.2, 0.25) is 5.91 Å². The van der Waals surface area contributed by atoms with Gasteiger partial charge in [-0.25, -0.2) is 0 Å². The van der Waals surface area contributed by atoms with Crippen molar-refractivity contribution in [2.75, 3.05) is 26.3 Å². The van der Waals surface area contributed by atoms with Gasteiger partial charge in [0.25, 0.3) is 0 Å². The predicted octanol–water partition coefficient (Wildman–Crippen LogP) is 2.77. The van der Waals surface area contributed by atoms with Gasteiger partial charge in [-0.3, -0.25) is 4.79 Å². The van der Waals surface area contributed by atoms with Gasteiger partial charge in [-0.2, -0.15) is 0 Å². The van der Waals surface area contributed by atoms with Crippen LogP contribution < -0.4 is 5.73 Å². The van der Waals surface area contributed by atoms with Gasteiger partial charge in [0.15, 0.2) is 0 Å². The van der Waals surface area contributed by atoms with E-state index in [9.17, 15) is 4.79 Å².